The number of nitrogens with zero attached hydrogens (tertiary/aromatic N) is 4. The van der Waals surface area contributed by atoms with Gasteiger partial charge in [-0.2, -0.15) is 13.2 Å². The second-order valence-corrected chi connectivity index (χ2v) is 10.2. The van der Waals surface area contributed by atoms with Crippen LogP contribution in [0.25, 0.3) is 33.7 Å². The number of rotatable bonds is 4. The second kappa shape index (κ2) is 10.9. The molecule has 39 heavy (non-hydrogen) atoms. The molecule has 4 aromatic rings. The van der Waals surface area contributed by atoms with Crippen LogP contribution in [-0.4, -0.2) is 37.1 Å². The highest BCUT2D eigenvalue weighted by Crippen LogP contribution is 2.49. The molecule has 0 spiro atoms. The maximum absolute atomic E-state index is 13.5. The number of aryl methyl sites for hydroxylation is 1. The van der Waals surface area contributed by atoms with Crippen LogP contribution in [0, 0.1) is 0 Å². The number of nitrogens with one attached hydrogen (secondary N) is 1. The van der Waals surface area contributed by atoms with Crippen LogP contribution < -0.4 is 5.43 Å². The topological polar surface area (TPSA) is 76.5 Å². The van der Waals surface area contributed by atoms with E-state index >= 15 is 0 Å². The third-order valence-corrected chi connectivity index (χ3v) is 7.58. The van der Waals surface area contributed by atoms with Crippen LogP contribution in [-0.2, 0) is 7.05 Å². The van der Waals surface area contributed by atoms with Gasteiger partial charge in [-0.15, -0.1) is 0 Å². The zero-order valence-corrected chi connectivity index (χ0v) is 21.3. The Kier molecular flexibility index (Phi) is 7.51. The van der Waals surface area contributed by atoms with Crippen molar-refractivity contribution in [2.24, 2.45) is 7.05 Å². The first-order chi connectivity index (χ1) is 18.6. The lowest BCUT2D eigenvalue weighted by molar-refractivity contribution is -0.0876. The first-order valence-electron chi connectivity index (χ1n) is 12.9. The summed E-state index contributed by atoms with van der Waals surface area (Å²) in [4.78, 5) is 30.2. The van der Waals surface area contributed by atoms with E-state index in [4.69, 9.17) is 0 Å². The maximum atomic E-state index is 13.5. The summed E-state index contributed by atoms with van der Waals surface area (Å²) in [6, 6.07) is 5.43. The lowest BCUT2D eigenvalue weighted by atomic mass is 9.76. The van der Waals surface area contributed by atoms with Crippen molar-refractivity contribution in [2.45, 2.75) is 69.4 Å². The molecular weight excluding hydrogens is 517 g/mol. The van der Waals surface area contributed by atoms with E-state index in [1.807, 2.05) is 23.9 Å². The molecule has 6 rings (SSSR count). The summed E-state index contributed by atoms with van der Waals surface area (Å²) in [5.74, 6) is -1.83. The Morgan fingerprint density at radius 2 is 1.72 bits per heavy atom. The van der Waals surface area contributed by atoms with Gasteiger partial charge >= 0.3 is 6.68 Å². The quantitative estimate of drug-likeness (QED) is 0.277. The van der Waals surface area contributed by atoms with Crippen molar-refractivity contribution in [1.82, 2.24) is 24.5 Å². The Labute approximate surface area is 221 Å². The zero-order valence-electron chi connectivity index (χ0n) is 21.3. The third kappa shape index (κ3) is 5.72. The SMILES string of the molecule is Cn1ccnc1-c1nccc2[nH]c(-c3cnc(C4CC(F)(F)C4)cc3C3CCCCC3)cc(=O)c12.FC(F)F. The molecule has 2 saturated carbocycles. The summed E-state index contributed by atoms with van der Waals surface area (Å²) in [6.07, 6.45) is 12.3. The number of pyridine rings is 3. The van der Waals surface area contributed by atoms with Crippen LogP contribution in [0.1, 0.15) is 68.0 Å². The summed E-state index contributed by atoms with van der Waals surface area (Å²) in [6.45, 7) is -3.67. The van der Waals surface area contributed by atoms with Gasteiger partial charge in [-0.3, -0.25) is 14.8 Å². The Morgan fingerprint density at radius 3 is 2.36 bits per heavy atom. The maximum Gasteiger partial charge on any atom is 0.379 e. The normalized spacial score (nSPS) is 17.6. The van der Waals surface area contributed by atoms with E-state index in [2.05, 4.69) is 19.9 Å². The molecule has 0 bridgehead atoms. The summed E-state index contributed by atoms with van der Waals surface area (Å²) < 4.78 is 57.9. The van der Waals surface area contributed by atoms with E-state index in [9.17, 15) is 26.7 Å². The fraction of sp³-hybridized carbons (Fsp3) is 0.429. The highest BCUT2D eigenvalue weighted by molar-refractivity contribution is 5.92. The van der Waals surface area contributed by atoms with Gasteiger partial charge < -0.3 is 9.55 Å². The zero-order chi connectivity index (χ0) is 27.7. The monoisotopic (exact) mass is 545 g/mol. The fourth-order valence-corrected chi connectivity index (χ4v) is 5.67. The molecular formula is C28H28F5N5O. The molecule has 0 radical (unpaired) electrons. The summed E-state index contributed by atoms with van der Waals surface area (Å²) in [7, 11) is 1.87. The molecule has 0 saturated heterocycles. The molecule has 2 aliphatic rings. The first kappa shape index (κ1) is 27.0. The van der Waals surface area contributed by atoms with Crippen LogP contribution in [0.3, 0.4) is 0 Å². The molecule has 0 unspecified atom stereocenters. The lowest BCUT2D eigenvalue weighted by Crippen LogP contribution is -2.34. The summed E-state index contributed by atoms with van der Waals surface area (Å²) >= 11 is 0. The van der Waals surface area contributed by atoms with Gasteiger partial charge in [0.2, 0.25) is 5.92 Å². The van der Waals surface area contributed by atoms with Crippen molar-refractivity contribution in [1.29, 1.82) is 0 Å². The molecule has 2 fully saturated rings. The number of hydrogen-bond donors (Lipinski definition) is 1. The average molecular weight is 546 g/mol. The molecule has 0 aliphatic heterocycles. The van der Waals surface area contributed by atoms with Gasteiger partial charge in [0.15, 0.2) is 11.3 Å². The fourth-order valence-electron chi connectivity index (χ4n) is 5.67. The predicted molar refractivity (Wildman–Crippen MR) is 138 cm³/mol. The number of H-pyrrole nitrogens is 1. The smallest absolute Gasteiger partial charge is 0.354 e. The minimum absolute atomic E-state index is 0.140. The number of imidazole rings is 1. The summed E-state index contributed by atoms with van der Waals surface area (Å²) in [5, 5.41) is 0.492. The molecule has 1 N–H and O–H groups in total. The van der Waals surface area contributed by atoms with Crippen molar-refractivity contribution in [2.75, 3.05) is 0 Å². The number of halogens is 5. The molecule has 2 aliphatic carbocycles. The minimum Gasteiger partial charge on any atom is -0.354 e. The van der Waals surface area contributed by atoms with Crippen LogP contribution in [0.15, 0.2) is 47.8 Å². The predicted octanol–water partition coefficient (Wildman–Crippen LogP) is 7.12. The number of fused-ring (bicyclic) bond motifs is 1. The van der Waals surface area contributed by atoms with Crippen LogP contribution >= 0.6 is 0 Å². The van der Waals surface area contributed by atoms with Gasteiger partial charge in [0, 0.05) is 67.9 Å². The Hall–Kier alpha value is -3.63. The van der Waals surface area contributed by atoms with Crippen molar-refractivity contribution in [3.63, 3.8) is 0 Å². The first-order valence-corrected chi connectivity index (χ1v) is 12.9. The molecule has 0 amide bonds. The number of alkyl halides is 5. The van der Waals surface area contributed by atoms with Crippen molar-refractivity contribution < 1.29 is 22.0 Å². The van der Waals surface area contributed by atoms with Gasteiger partial charge in [-0.1, -0.05) is 19.3 Å². The van der Waals surface area contributed by atoms with E-state index in [0.29, 0.717) is 34.0 Å². The van der Waals surface area contributed by atoms with Crippen LogP contribution in [0.5, 0.6) is 0 Å². The summed E-state index contributed by atoms with van der Waals surface area (Å²) in [5.41, 5.74) is 4.49. The second-order valence-electron chi connectivity index (χ2n) is 10.2. The molecule has 6 nitrogen and oxygen atoms in total. The van der Waals surface area contributed by atoms with E-state index < -0.39 is 12.6 Å². The van der Waals surface area contributed by atoms with Gasteiger partial charge in [-0.05, 0) is 36.5 Å². The van der Waals surface area contributed by atoms with E-state index in [0.717, 1.165) is 42.5 Å². The van der Waals surface area contributed by atoms with Crippen molar-refractivity contribution in [3.05, 3.63) is 64.5 Å². The standard InChI is InChI=1S/C27H27F2N5O.CHF3/c1-34-10-9-31-26(34)25-24-20(7-8-30-25)33-22(12-23(24)35)19-15-32-21(17-13-27(28,29)14-17)11-18(19)16-5-3-2-4-6-16;2-1(3)4/h7-12,15-17H,2-6,13-14H2,1H3,(H,33,35);1H. The highest BCUT2D eigenvalue weighted by Gasteiger charge is 2.46. The van der Waals surface area contributed by atoms with Gasteiger partial charge in [0.05, 0.1) is 16.6 Å². The van der Waals surface area contributed by atoms with Crippen LogP contribution in [0.2, 0.25) is 0 Å². The molecule has 0 atom stereocenters. The third-order valence-electron chi connectivity index (χ3n) is 7.58. The Morgan fingerprint density at radius 1 is 1.00 bits per heavy atom. The number of hydrogen-bond acceptors (Lipinski definition) is 4. The molecule has 4 aromatic heterocycles. The minimum atomic E-state index is -3.67. The molecule has 0 aromatic carbocycles. The van der Waals surface area contributed by atoms with Crippen LogP contribution in [0.4, 0.5) is 22.0 Å². The van der Waals surface area contributed by atoms with Gasteiger partial charge in [0.1, 0.15) is 5.69 Å². The van der Waals surface area contributed by atoms with Crippen molar-refractivity contribution in [3.8, 4) is 22.8 Å². The number of aromatic nitrogens is 5. The molecule has 4 heterocycles. The molecule has 206 valence electrons. The largest absolute Gasteiger partial charge is 0.379 e. The Bertz CT molecular complexity index is 1520. The van der Waals surface area contributed by atoms with E-state index in [-0.39, 0.29) is 24.2 Å². The van der Waals surface area contributed by atoms with Gasteiger partial charge in [-0.25, -0.2) is 13.8 Å². The molecule has 11 heteroatoms. The van der Waals surface area contributed by atoms with E-state index in [1.165, 1.54) is 6.42 Å². The van der Waals surface area contributed by atoms with Crippen molar-refractivity contribution >= 4 is 10.9 Å². The highest BCUT2D eigenvalue weighted by atomic mass is 19.4. The van der Waals surface area contributed by atoms with E-state index in [1.54, 1.807) is 30.7 Å². The van der Waals surface area contributed by atoms with Gasteiger partial charge in [0.25, 0.3) is 0 Å². The lowest BCUT2D eigenvalue weighted by Gasteiger charge is -2.35. The average Bonchev–Trinajstić information content (AvgIpc) is 3.32. The Balaban J connectivity index is 0.000000723. The number of aromatic amines is 1.